The van der Waals surface area contributed by atoms with Crippen molar-refractivity contribution in [3.05, 3.63) is 29.3 Å². The lowest BCUT2D eigenvalue weighted by Crippen LogP contribution is -2.36. The molecule has 21 heavy (non-hydrogen) atoms. The first-order valence-electron chi connectivity index (χ1n) is 7.53. The Balaban J connectivity index is 1.61. The van der Waals surface area contributed by atoms with Crippen molar-refractivity contribution in [2.24, 2.45) is 5.16 Å². The molecular weight excluding hydrogens is 268 g/mol. The number of hydrogen-bond donors (Lipinski definition) is 2. The predicted molar refractivity (Wildman–Crippen MR) is 79.0 cm³/mol. The Bertz CT molecular complexity index is 563. The molecule has 0 saturated heterocycles. The predicted octanol–water partition coefficient (Wildman–Crippen LogP) is 2.25. The number of hydrogen-bond acceptors (Lipinski definition) is 4. The second-order valence-corrected chi connectivity index (χ2v) is 5.67. The molecule has 2 aliphatic rings. The van der Waals surface area contributed by atoms with Crippen molar-refractivity contribution < 1.29 is 14.7 Å². The summed E-state index contributed by atoms with van der Waals surface area (Å²) < 4.78 is 5.67. The lowest BCUT2D eigenvalue weighted by atomic mass is 10.1. The van der Waals surface area contributed by atoms with E-state index < -0.39 is 0 Å². The lowest BCUT2D eigenvalue weighted by molar-refractivity contribution is -0.123. The molecule has 0 unspecified atom stereocenters. The van der Waals surface area contributed by atoms with Crippen LogP contribution in [0.5, 0.6) is 5.75 Å². The number of amides is 1. The van der Waals surface area contributed by atoms with Gasteiger partial charge < -0.3 is 15.3 Å². The molecule has 2 N–H and O–H groups in total. The minimum atomic E-state index is -0.0615. The quantitative estimate of drug-likeness (QED) is 0.659. The molecule has 1 saturated carbocycles. The Morgan fingerprint density at radius 2 is 2.14 bits per heavy atom. The standard InChI is InChI=1S/C16H20N2O3/c19-16(17-11-4-1-2-5-11)10-21-15-7-3-6-12-13(15)8-9-14(12)18-20/h3,6-7,11,20H,1-2,4-5,8-10H2,(H,17,19). The van der Waals surface area contributed by atoms with Crippen LogP contribution >= 0.6 is 0 Å². The highest BCUT2D eigenvalue weighted by Gasteiger charge is 2.22. The van der Waals surface area contributed by atoms with Crippen LogP contribution in [-0.4, -0.2) is 29.5 Å². The molecular formula is C16H20N2O3. The summed E-state index contributed by atoms with van der Waals surface area (Å²) in [5, 5.41) is 15.3. The van der Waals surface area contributed by atoms with Gasteiger partial charge in [0.05, 0.1) is 5.71 Å². The molecule has 0 aliphatic heterocycles. The van der Waals surface area contributed by atoms with Crippen molar-refractivity contribution >= 4 is 11.6 Å². The fourth-order valence-corrected chi connectivity index (χ4v) is 3.19. The van der Waals surface area contributed by atoms with Gasteiger partial charge in [0.15, 0.2) is 6.61 Å². The Kier molecular flexibility index (Phi) is 4.08. The number of rotatable bonds is 4. The highest BCUT2D eigenvalue weighted by atomic mass is 16.5. The van der Waals surface area contributed by atoms with Crippen molar-refractivity contribution in [2.45, 2.75) is 44.6 Å². The van der Waals surface area contributed by atoms with Crippen LogP contribution in [0.3, 0.4) is 0 Å². The number of fused-ring (bicyclic) bond motifs is 1. The van der Waals surface area contributed by atoms with Crippen LogP contribution in [-0.2, 0) is 11.2 Å². The van der Waals surface area contributed by atoms with Crippen molar-refractivity contribution in [2.75, 3.05) is 6.61 Å². The molecule has 2 aliphatic carbocycles. The van der Waals surface area contributed by atoms with E-state index in [0.717, 1.165) is 30.4 Å². The molecule has 5 nitrogen and oxygen atoms in total. The van der Waals surface area contributed by atoms with Gasteiger partial charge in [-0.05, 0) is 31.7 Å². The van der Waals surface area contributed by atoms with Gasteiger partial charge in [0.25, 0.3) is 5.91 Å². The zero-order valence-corrected chi connectivity index (χ0v) is 12.0. The Labute approximate surface area is 124 Å². The second-order valence-electron chi connectivity index (χ2n) is 5.67. The van der Waals surface area contributed by atoms with Crippen molar-refractivity contribution in [1.82, 2.24) is 5.32 Å². The Morgan fingerprint density at radius 1 is 1.33 bits per heavy atom. The minimum absolute atomic E-state index is 0.0402. The molecule has 1 amide bonds. The molecule has 0 spiro atoms. The summed E-state index contributed by atoms with van der Waals surface area (Å²) >= 11 is 0. The van der Waals surface area contributed by atoms with E-state index in [9.17, 15) is 4.79 Å². The maximum absolute atomic E-state index is 11.9. The zero-order valence-electron chi connectivity index (χ0n) is 12.0. The molecule has 0 heterocycles. The number of nitrogens with one attached hydrogen (secondary N) is 1. The van der Waals surface area contributed by atoms with Gasteiger partial charge in [0, 0.05) is 17.2 Å². The number of nitrogens with zero attached hydrogens (tertiary/aromatic N) is 1. The van der Waals surface area contributed by atoms with Crippen LogP contribution in [0.4, 0.5) is 0 Å². The normalized spacial score (nSPS) is 19.7. The van der Waals surface area contributed by atoms with Crippen molar-refractivity contribution in [3.63, 3.8) is 0 Å². The van der Waals surface area contributed by atoms with Crippen LogP contribution < -0.4 is 10.1 Å². The maximum Gasteiger partial charge on any atom is 0.258 e. The first kappa shape index (κ1) is 13.9. The van der Waals surface area contributed by atoms with E-state index in [0.29, 0.717) is 23.9 Å². The van der Waals surface area contributed by atoms with Gasteiger partial charge in [0.2, 0.25) is 0 Å². The third-order valence-electron chi connectivity index (χ3n) is 4.26. The van der Waals surface area contributed by atoms with Gasteiger partial charge in [0.1, 0.15) is 5.75 Å². The number of carbonyl (C=O) groups is 1. The van der Waals surface area contributed by atoms with Crippen molar-refractivity contribution in [1.29, 1.82) is 0 Å². The molecule has 1 aromatic rings. The third-order valence-corrected chi connectivity index (χ3v) is 4.26. The van der Waals surface area contributed by atoms with Gasteiger partial charge >= 0.3 is 0 Å². The van der Waals surface area contributed by atoms with Crippen molar-refractivity contribution in [3.8, 4) is 5.75 Å². The molecule has 0 aromatic heterocycles. The summed E-state index contributed by atoms with van der Waals surface area (Å²) in [4.78, 5) is 11.9. The fraction of sp³-hybridized carbons (Fsp3) is 0.500. The molecule has 112 valence electrons. The summed E-state index contributed by atoms with van der Waals surface area (Å²) in [5.41, 5.74) is 2.64. The maximum atomic E-state index is 11.9. The highest BCUT2D eigenvalue weighted by molar-refractivity contribution is 6.04. The van der Waals surface area contributed by atoms with Gasteiger partial charge in [-0.15, -0.1) is 0 Å². The molecule has 0 bridgehead atoms. The van der Waals surface area contributed by atoms with E-state index in [2.05, 4.69) is 10.5 Å². The molecule has 1 fully saturated rings. The van der Waals surface area contributed by atoms with E-state index in [1.54, 1.807) is 0 Å². The number of ether oxygens (including phenoxy) is 1. The van der Waals surface area contributed by atoms with Crippen LogP contribution in [0.2, 0.25) is 0 Å². The summed E-state index contributed by atoms with van der Waals surface area (Å²) in [6.45, 7) is 0.0402. The van der Waals surface area contributed by atoms with Gasteiger partial charge in [-0.2, -0.15) is 0 Å². The molecule has 0 atom stereocenters. The van der Waals surface area contributed by atoms with E-state index in [1.165, 1.54) is 12.8 Å². The van der Waals surface area contributed by atoms with E-state index in [-0.39, 0.29) is 12.5 Å². The Hall–Kier alpha value is -2.04. The fourth-order valence-electron chi connectivity index (χ4n) is 3.19. The number of carbonyl (C=O) groups excluding carboxylic acids is 1. The average Bonchev–Trinajstić information content (AvgIpc) is 3.14. The topological polar surface area (TPSA) is 70.9 Å². The summed E-state index contributed by atoms with van der Waals surface area (Å²) in [5.74, 6) is 0.654. The molecule has 3 rings (SSSR count). The molecule has 0 radical (unpaired) electrons. The smallest absolute Gasteiger partial charge is 0.258 e. The largest absolute Gasteiger partial charge is 0.483 e. The first-order valence-corrected chi connectivity index (χ1v) is 7.53. The molecule has 1 aromatic carbocycles. The SMILES string of the molecule is O=C(COc1cccc2c1CCC2=NO)NC1CCCC1. The Morgan fingerprint density at radius 3 is 2.90 bits per heavy atom. The van der Waals surface area contributed by atoms with Crippen LogP contribution in [0.1, 0.15) is 43.2 Å². The summed E-state index contributed by atoms with van der Waals surface area (Å²) in [6.07, 6.45) is 6.03. The average molecular weight is 288 g/mol. The monoisotopic (exact) mass is 288 g/mol. The molecule has 5 heteroatoms. The minimum Gasteiger partial charge on any atom is -0.483 e. The number of oxime groups is 1. The zero-order chi connectivity index (χ0) is 14.7. The van der Waals surface area contributed by atoms with Crippen LogP contribution in [0.25, 0.3) is 0 Å². The van der Waals surface area contributed by atoms with E-state index in [4.69, 9.17) is 9.94 Å². The van der Waals surface area contributed by atoms with E-state index in [1.807, 2.05) is 18.2 Å². The van der Waals surface area contributed by atoms with E-state index >= 15 is 0 Å². The van der Waals surface area contributed by atoms with Crippen LogP contribution in [0.15, 0.2) is 23.4 Å². The van der Waals surface area contributed by atoms with Crippen LogP contribution in [0, 0.1) is 0 Å². The van der Waals surface area contributed by atoms with Gasteiger partial charge in [-0.25, -0.2) is 0 Å². The highest BCUT2D eigenvalue weighted by Crippen LogP contribution is 2.30. The lowest BCUT2D eigenvalue weighted by Gasteiger charge is -2.14. The number of benzene rings is 1. The second kappa shape index (κ2) is 6.16. The summed E-state index contributed by atoms with van der Waals surface area (Å²) in [7, 11) is 0. The summed E-state index contributed by atoms with van der Waals surface area (Å²) in [6, 6.07) is 5.96. The third kappa shape index (κ3) is 3.01. The first-order chi connectivity index (χ1) is 10.3. The van der Waals surface area contributed by atoms with Gasteiger partial charge in [-0.1, -0.05) is 30.1 Å². The van der Waals surface area contributed by atoms with Gasteiger partial charge in [-0.3, -0.25) is 4.79 Å².